The molecule has 2 rings (SSSR count). The second-order valence-corrected chi connectivity index (χ2v) is 5.52. The number of hydrogen-bond donors (Lipinski definition) is 1. The maximum absolute atomic E-state index is 12.3. The molecule has 0 spiro atoms. The van der Waals surface area contributed by atoms with Crippen molar-refractivity contribution in [2.45, 2.75) is 39.0 Å². The molecule has 2 unspecified atom stereocenters. The van der Waals surface area contributed by atoms with Crippen LogP contribution in [0.2, 0.25) is 0 Å². The highest BCUT2D eigenvalue weighted by atomic mass is 16.2. The van der Waals surface area contributed by atoms with Crippen molar-refractivity contribution in [1.82, 2.24) is 4.90 Å². The first-order valence-corrected chi connectivity index (χ1v) is 6.71. The van der Waals surface area contributed by atoms with Crippen LogP contribution in [0.5, 0.6) is 0 Å². The Morgan fingerprint density at radius 3 is 2.44 bits per heavy atom. The normalized spacial score (nSPS) is 32.0. The Labute approximate surface area is 98.4 Å². The summed E-state index contributed by atoms with van der Waals surface area (Å²) in [5, 5.41) is 0. The highest BCUT2D eigenvalue weighted by molar-refractivity contribution is 5.79. The number of carbonyl (C=O) groups excluding carboxylic acids is 1. The van der Waals surface area contributed by atoms with E-state index in [1.807, 2.05) is 0 Å². The van der Waals surface area contributed by atoms with Gasteiger partial charge in [0.05, 0.1) is 0 Å². The largest absolute Gasteiger partial charge is 0.342 e. The molecule has 16 heavy (non-hydrogen) atoms. The molecule has 3 heteroatoms. The van der Waals surface area contributed by atoms with E-state index in [0.717, 1.165) is 38.9 Å². The van der Waals surface area contributed by atoms with Crippen LogP contribution in [0.4, 0.5) is 0 Å². The highest BCUT2D eigenvalue weighted by Crippen LogP contribution is 2.33. The van der Waals surface area contributed by atoms with Crippen LogP contribution in [0, 0.1) is 17.8 Å². The lowest BCUT2D eigenvalue weighted by molar-refractivity contribution is -0.137. The minimum Gasteiger partial charge on any atom is -0.342 e. The molecular weight excluding hydrogens is 200 g/mol. The van der Waals surface area contributed by atoms with Crippen molar-refractivity contribution in [1.29, 1.82) is 0 Å². The van der Waals surface area contributed by atoms with Crippen molar-refractivity contribution in [3.8, 4) is 0 Å². The first-order valence-electron chi connectivity index (χ1n) is 6.71. The summed E-state index contributed by atoms with van der Waals surface area (Å²) < 4.78 is 0. The van der Waals surface area contributed by atoms with E-state index < -0.39 is 0 Å². The minimum absolute atomic E-state index is 0.314. The number of hydrogen-bond acceptors (Lipinski definition) is 2. The topological polar surface area (TPSA) is 46.3 Å². The average Bonchev–Trinajstić information content (AvgIpc) is 2.75. The molecule has 0 radical (unpaired) electrons. The molecule has 1 aliphatic carbocycles. The molecule has 2 N–H and O–H groups in total. The summed E-state index contributed by atoms with van der Waals surface area (Å²) in [6.07, 6.45) is 5.77. The van der Waals surface area contributed by atoms with Crippen LogP contribution in [0.1, 0.15) is 39.0 Å². The fraction of sp³-hybridized carbons (Fsp3) is 0.923. The molecule has 1 saturated heterocycles. The Balaban J connectivity index is 1.86. The van der Waals surface area contributed by atoms with Crippen LogP contribution < -0.4 is 5.73 Å². The second-order valence-electron chi connectivity index (χ2n) is 5.52. The van der Waals surface area contributed by atoms with Crippen LogP contribution in [0.15, 0.2) is 0 Å². The molecule has 0 aromatic carbocycles. The minimum atomic E-state index is 0.314. The van der Waals surface area contributed by atoms with Gasteiger partial charge in [-0.1, -0.05) is 13.3 Å². The van der Waals surface area contributed by atoms with Crippen LogP contribution in [-0.4, -0.2) is 30.4 Å². The smallest absolute Gasteiger partial charge is 0.225 e. The first kappa shape index (κ1) is 11.9. The lowest BCUT2D eigenvalue weighted by Gasteiger charge is -2.34. The van der Waals surface area contributed by atoms with Gasteiger partial charge in [0.25, 0.3) is 0 Å². The Morgan fingerprint density at radius 1 is 1.25 bits per heavy atom. The summed E-state index contributed by atoms with van der Waals surface area (Å²) in [5.74, 6) is 1.97. The Morgan fingerprint density at radius 2 is 1.94 bits per heavy atom. The van der Waals surface area contributed by atoms with Crippen molar-refractivity contribution in [3.05, 3.63) is 0 Å². The van der Waals surface area contributed by atoms with Gasteiger partial charge < -0.3 is 10.6 Å². The SMILES string of the molecule is CC1CCCC1C(=O)N1CCC(CN)CC1. The van der Waals surface area contributed by atoms with Crippen LogP contribution in [-0.2, 0) is 4.79 Å². The Kier molecular flexibility index (Phi) is 3.85. The third kappa shape index (κ3) is 2.40. The van der Waals surface area contributed by atoms with Gasteiger partial charge in [0.2, 0.25) is 5.91 Å². The summed E-state index contributed by atoms with van der Waals surface area (Å²) in [5.41, 5.74) is 5.67. The molecule has 2 aliphatic rings. The fourth-order valence-corrected chi connectivity index (χ4v) is 3.14. The summed E-state index contributed by atoms with van der Waals surface area (Å²) >= 11 is 0. The first-order chi connectivity index (χ1) is 7.72. The number of nitrogens with two attached hydrogens (primary N) is 1. The predicted octanol–water partition coefficient (Wildman–Crippen LogP) is 1.62. The Hall–Kier alpha value is -0.570. The van der Waals surface area contributed by atoms with E-state index >= 15 is 0 Å². The van der Waals surface area contributed by atoms with Crippen LogP contribution in [0.25, 0.3) is 0 Å². The van der Waals surface area contributed by atoms with Crippen molar-refractivity contribution < 1.29 is 4.79 Å². The van der Waals surface area contributed by atoms with Gasteiger partial charge >= 0.3 is 0 Å². The fourth-order valence-electron chi connectivity index (χ4n) is 3.14. The van der Waals surface area contributed by atoms with E-state index in [9.17, 15) is 4.79 Å². The maximum atomic E-state index is 12.3. The number of likely N-dealkylation sites (tertiary alicyclic amines) is 1. The number of carbonyl (C=O) groups is 1. The molecule has 2 atom stereocenters. The standard InChI is InChI=1S/C13H24N2O/c1-10-3-2-4-12(10)13(16)15-7-5-11(9-14)6-8-15/h10-12H,2-9,14H2,1H3. The quantitative estimate of drug-likeness (QED) is 0.774. The summed E-state index contributed by atoms with van der Waals surface area (Å²) in [7, 11) is 0. The lowest BCUT2D eigenvalue weighted by atomic mass is 9.93. The summed E-state index contributed by atoms with van der Waals surface area (Å²) in [6.45, 7) is 4.87. The average molecular weight is 224 g/mol. The van der Waals surface area contributed by atoms with Gasteiger partial charge in [-0.15, -0.1) is 0 Å². The van der Waals surface area contributed by atoms with Crippen LogP contribution >= 0.6 is 0 Å². The van der Waals surface area contributed by atoms with Gasteiger partial charge in [-0.25, -0.2) is 0 Å². The Bertz CT molecular complexity index is 246. The second kappa shape index (κ2) is 5.17. The highest BCUT2D eigenvalue weighted by Gasteiger charge is 2.33. The molecule has 0 bridgehead atoms. The van der Waals surface area contributed by atoms with Gasteiger partial charge in [-0.3, -0.25) is 4.79 Å². The van der Waals surface area contributed by atoms with Gasteiger partial charge in [0, 0.05) is 19.0 Å². The van der Waals surface area contributed by atoms with Crippen LogP contribution in [0.3, 0.4) is 0 Å². The van der Waals surface area contributed by atoms with Crippen molar-refractivity contribution in [3.63, 3.8) is 0 Å². The van der Waals surface area contributed by atoms with Crippen molar-refractivity contribution in [2.24, 2.45) is 23.5 Å². The van der Waals surface area contributed by atoms with E-state index in [-0.39, 0.29) is 0 Å². The van der Waals surface area contributed by atoms with E-state index in [2.05, 4.69) is 11.8 Å². The molecule has 92 valence electrons. The predicted molar refractivity (Wildman–Crippen MR) is 64.9 cm³/mol. The lowest BCUT2D eigenvalue weighted by Crippen LogP contribution is -2.43. The zero-order valence-electron chi connectivity index (χ0n) is 10.3. The third-order valence-electron chi connectivity index (χ3n) is 4.44. The van der Waals surface area contributed by atoms with Gasteiger partial charge in [0.15, 0.2) is 0 Å². The monoisotopic (exact) mass is 224 g/mol. The summed E-state index contributed by atoms with van der Waals surface area (Å²) in [4.78, 5) is 14.4. The van der Waals surface area contributed by atoms with E-state index in [4.69, 9.17) is 5.73 Å². The molecule has 1 saturated carbocycles. The van der Waals surface area contributed by atoms with Crippen molar-refractivity contribution in [2.75, 3.05) is 19.6 Å². The third-order valence-corrected chi connectivity index (χ3v) is 4.44. The molecule has 0 aromatic rings. The number of amides is 1. The maximum Gasteiger partial charge on any atom is 0.225 e. The van der Waals surface area contributed by atoms with Crippen molar-refractivity contribution >= 4 is 5.91 Å². The zero-order valence-corrected chi connectivity index (χ0v) is 10.3. The number of nitrogens with zero attached hydrogens (tertiary/aromatic N) is 1. The molecule has 1 amide bonds. The molecular formula is C13H24N2O. The van der Waals surface area contributed by atoms with Gasteiger partial charge in [-0.2, -0.15) is 0 Å². The van der Waals surface area contributed by atoms with Gasteiger partial charge in [-0.05, 0) is 44.1 Å². The van der Waals surface area contributed by atoms with E-state index in [0.29, 0.717) is 23.7 Å². The molecule has 1 aliphatic heterocycles. The molecule has 0 aromatic heterocycles. The molecule has 1 heterocycles. The molecule has 3 nitrogen and oxygen atoms in total. The summed E-state index contributed by atoms with van der Waals surface area (Å²) in [6, 6.07) is 0. The zero-order chi connectivity index (χ0) is 11.5. The number of piperidine rings is 1. The molecule has 2 fully saturated rings. The van der Waals surface area contributed by atoms with E-state index in [1.54, 1.807) is 0 Å². The number of rotatable bonds is 2. The van der Waals surface area contributed by atoms with E-state index in [1.165, 1.54) is 12.8 Å². The van der Waals surface area contributed by atoms with Gasteiger partial charge in [0.1, 0.15) is 0 Å².